The highest BCUT2D eigenvalue weighted by molar-refractivity contribution is 6.06. The summed E-state index contributed by atoms with van der Waals surface area (Å²) in [7, 11) is 1.29. The quantitative estimate of drug-likeness (QED) is 0.619. The number of aliphatic imine (C=N–C) groups is 1. The lowest BCUT2D eigenvalue weighted by atomic mass is 9.96. The van der Waals surface area contributed by atoms with Crippen molar-refractivity contribution in [3.63, 3.8) is 0 Å². The van der Waals surface area contributed by atoms with Gasteiger partial charge in [0.15, 0.2) is 0 Å². The van der Waals surface area contributed by atoms with Crippen molar-refractivity contribution in [1.29, 1.82) is 0 Å². The van der Waals surface area contributed by atoms with E-state index in [1.165, 1.54) is 7.11 Å². The lowest BCUT2D eigenvalue weighted by molar-refractivity contribution is 0.0938. The molecule has 3 aromatic rings. The second-order valence-corrected chi connectivity index (χ2v) is 6.40. The van der Waals surface area contributed by atoms with Crippen LogP contribution in [0.3, 0.4) is 0 Å². The summed E-state index contributed by atoms with van der Waals surface area (Å²) in [5, 5.41) is 3.07. The molecule has 0 unspecified atom stereocenters. The molecule has 29 heavy (non-hydrogen) atoms. The summed E-state index contributed by atoms with van der Waals surface area (Å²) >= 11 is 0. The minimum absolute atomic E-state index is 0.190. The van der Waals surface area contributed by atoms with Gasteiger partial charge in [-0.2, -0.15) is 4.99 Å². The predicted octanol–water partition coefficient (Wildman–Crippen LogP) is 4.80. The van der Waals surface area contributed by atoms with Gasteiger partial charge in [-0.25, -0.2) is 4.79 Å². The van der Waals surface area contributed by atoms with Gasteiger partial charge in [0.05, 0.1) is 18.9 Å². The van der Waals surface area contributed by atoms with Crippen molar-refractivity contribution in [2.24, 2.45) is 4.99 Å². The smallest absolute Gasteiger partial charge is 0.433 e. The molecule has 1 N–H and O–H groups in total. The Morgan fingerprint density at radius 2 is 1.34 bits per heavy atom. The van der Waals surface area contributed by atoms with Crippen LogP contribution in [-0.2, 0) is 4.74 Å². The summed E-state index contributed by atoms with van der Waals surface area (Å²) in [4.78, 5) is 28.8. The van der Waals surface area contributed by atoms with Crippen LogP contribution in [0.4, 0.5) is 4.79 Å². The molecule has 0 aliphatic carbocycles. The standard InChI is InChI=1S/C24H22N2O3/c1-29-24(28)26-22(19-13-7-3-8-14-19)17-21(18-11-5-2-6-12-18)25-23(27)20-15-9-4-10-16-20/h2-16,21H,17H2,1H3,(H,25,27)/b26-22-/t21-/m1/s1. The van der Waals surface area contributed by atoms with E-state index in [1.807, 2.05) is 78.9 Å². The van der Waals surface area contributed by atoms with Crippen molar-refractivity contribution in [3.8, 4) is 0 Å². The molecule has 2 amide bonds. The van der Waals surface area contributed by atoms with Crippen molar-refractivity contribution in [3.05, 3.63) is 108 Å². The molecule has 1 atom stereocenters. The number of hydrogen-bond acceptors (Lipinski definition) is 3. The van der Waals surface area contributed by atoms with Crippen LogP contribution < -0.4 is 5.32 Å². The van der Waals surface area contributed by atoms with E-state index in [4.69, 9.17) is 4.74 Å². The molecule has 0 spiro atoms. The average Bonchev–Trinajstić information content (AvgIpc) is 2.79. The minimum atomic E-state index is -0.676. The van der Waals surface area contributed by atoms with Crippen LogP contribution in [0.5, 0.6) is 0 Å². The number of nitrogens with one attached hydrogen (secondary N) is 1. The number of nitrogens with zero attached hydrogens (tertiary/aromatic N) is 1. The molecule has 3 aromatic carbocycles. The van der Waals surface area contributed by atoms with Gasteiger partial charge in [-0.15, -0.1) is 0 Å². The number of carbonyl (C=O) groups excluding carboxylic acids is 2. The van der Waals surface area contributed by atoms with Crippen LogP contribution in [0, 0.1) is 0 Å². The summed E-state index contributed by atoms with van der Waals surface area (Å²) in [6.07, 6.45) is -0.341. The highest BCUT2D eigenvalue weighted by Crippen LogP contribution is 2.21. The molecule has 0 radical (unpaired) electrons. The van der Waals surface area contributed by atoms with E-state index in [2.05, 4.69) is 10.3 Å². The van der Waals surface area contributed by atoms with Gasteiger partial charge in [-0.1, -0.05) is 78.9 Å². The Morgan fingerprint density at radius 3 is 1.90 bits per heavy atom. The predicted molar refractivity (Wildman–Crippen MR) is 113 cm³/mol. The molecule has 0 aliphatic rings. The van der Waals surface area contributed by atoms with E-state index >= 15 is 0 Å². The van der Waals surface area contributed by atoms with Crippen molar-refractivity contribution >= 4 is 17.7 Å². The van der Waals surface area contributed by atoms with Gasteiger partial charge in [0.2, 0.25) is 0 Å². The molecule has 0 aliphatic heterocycles. The summed E-state index contributed by atoms with van der Waals surface area (Å²) in [6, 6.07) is 27.7. The second kappa shape index (κ2) is 9.99. The molecule has 0 aromatic heterocycles. The molecule has 0 fully saturated rings. The molecular weight excluding hydrogens is 364 g/mol. The first-order valence-electron chi connectivity index (χ1n) is 9.29. The Morgan fingerprint density at radius 1 is 0.828 bits per heavy atom. The fourth-order valence-electron chi connectivity index (χ4n) is 2.98. The minimum Gasteiger partial charge on any atom is -0.451 e. The Labute approximate surface area is 170 Å². The first-order chi connectivity index (χ1) is 14.2. The monoisotopic (exact) mass is 386 g/mol. The van der Waals surface area contributed by atoms with Crippen molar-refractivity contribution in [2.45, 2.75) is 12.5 Å². The Balaban J connectivity index is 1.93. The second-order valence-electron chi connectivity index (χ2n) is 6.40. The number of ether oxygens (including phenoxy) is 1. The zero-order chi connectivity index (χ0) is 20.5. The molecule has 0 bridgehead atoms. The van der Waals surface area contributed by atoms with Gasteiger partial charge in [-0.05, 0) is 23.3 Å². The zero-order valence-corrected chi connectivity index (χ0v) is 16.1. The van der Waals surface area contributed by atoms with Gasteiger partial charge >= 0.3 is 6.09 Å². The molecule has 0 saturated carbocycles. The fraction of sp³-hybridized carbons (Fsp3) is 0.125. The Bertz CT molecular complexity index is 971. The van der Waals surface area contributed by atoms with E-state index in [-0.39, 0.29) is 11.9 Å². The first kappa shape index (κ1) is 20.0. The van der Waals surface area contributed by atoms with Gasteiger partial charge in [0.25, 0.3) is 5.91 Å². The van der Waals surface area contributed by atoms with Crippen LogP contribution in [0.25, 0.3) is 0 Å². The number of rotatable bonds is 6. The normalized spacial score (nSPS) is 12.1. The maximum Gasteiger partial charge on any atom is 0.433 e. The number of benzene rings is 3. The summed E-state index contributed by atoms with van der Waals surface area (Å²) in [5.74, 6) is -0.190. The van der Waals surface area contributed by atoms with Crippen LogP contribution in [0.2, 0.25) is 0 Å². The Hall–Kier alpha value is -3.73. The molecule has 0 heterocycles. The SMILES string of the molecule is COC(=O)/N=C(/C[C@@H](NC(=O)c1ccccc1)c1ccccc1)c1ccccc1. The maximum atomic E-state index is 12.8. The first-order valence-corrected chi connectivity index (χ1v) is 9.29. The van der Waals surface area contributed by atoms with Crippen LogP contribution in [0.1, 0.15) is 33.9 Å². The van der Waals surface area contributed by atoms with Crippen molar-refractivity contribution < 1.29 is 14.3 Å². The summed E-state index contributed by atoms with van der Waals surface area (Å²) in [5.41, 5.74) is 2.83. The zero-order valence-electron chi connectivity index (χ0n) is 16.1. The van der Waals surface area contributed by atoms with Crippen LogP contribution >= 0.6 is 0 Å². The van der Waals surface area contributed by atoms with E-state index in [0.717, 1.165) is 11.1 Å². The van der Waals surface area contributed by atoms with E-state index < -0.39 is 6.09 Å². The number of amides is 2. The largest absolute Gasteiger partial charge is 0.451 e. The van der Waals surface area contributed by atoms with Crippen molar-refractivity contribution in [2.75, 3.05) is 7.11 Å². The number of carbonyl (C=O) groups is 2. The van der Waals surface area contributed by atoms with E-state index in [1.54, 1.807) is 12.1 Å². The van der Waals surface area contributed by atoms with Crippen LogP contribution in [0.15, 0.2) is 96.0 Å². The highest BCUT2D eigenvalue weighted by Gasteiger charge is 2.20. The number of methoxy groups -OCH3 is 1. The average molecular weight is 386 g/mol. The molecule has 3 rings (SSSR count). The maximum absolute atomic E-state index is 12.8. The topological polar surface area (TPSA) is 67.8 Å². The molecular formula is C24H22N2O3. The fourth-order valence-corrected chi connectivity index (χ4v) is 2.98. The third-order valence-corrected chi connectivity index (χ3v) is 4.45. The van der Waals surface area contributed by atoms with Gasteiger partial charge in [0.1, 0.15) is 0 Å². The third-order valence-electron chi connectivity index (χ3n) is 4.45. The lowest BCUT2D eigenvalue weighted by Gasteiger charge is -2.20. The molecule has 0 saturated heterocycles. The van der Waals surface area contributed by atoms with Gasteiger partial charge < -0.3 is 10.1 Å². The lowest BCUT2D eigenvalue weighted by Crippen LogP contribution is -2.30. The molecule has 146 valence electrons. The van der Waals surface area contributed by atoms with E-state index in [9.17, 15) is 9.59 Å². The summed E-state index contributed by atoms with van der Waals surface area (Å²) in [6.45, 7) is 0. The van der Waals surface area contributed by atoms with Crippen molar-refractivity contribution in [1.82, 2.24) is 5.32 Å². The number of hydrogen-bond donors (Lipinski definition) is 1. The Kier molecular flexibility index (Phi) is 6.90. The van der Waals surface area contributed by atoms with E-state index in [0.29, 0.717) is 17.7 Å². The molecule has 5 heteroatoms. The van der Waals surface area contributed by atoms with Crippen LogP contribution in [-0.4, -0.2) is 24.8 Å². The third kappa shape index (κ3) is 5.62. The highest BCUT2D eigenvalue weighted by atomic mass is 16.5. The summed E-state index contributed by atoms with van der Waals surface area (Å²) < 4.78 is 4.73. The van der Waals surface area contributed by atoms with Gasteiger partial charge in [-0.3, -0.25) is 4.79 Å². The van der Waals surface area contributed by atoms with Gasteiger partial charge in [0, 0.05) is 12.0 Å². The molecule has 5 nitrogen and oxygen atoms in total.